The Hall–Kier alpha value is -3.79. The third-order valence-corrected chi connectivity index (χ3v) is 4.34. The molecule has 2 aromatic carbocycles. The van der Waals surface area contributed by atoms with Crippen molar-refractivity contribution in [3.63, 3.8) is 0 Å². The lowest BCUT2D eigenvalue weighted by Crippen LogP contribution is -2.35. The standard InChI is InChI=1S/C22H22N4O3/c1-3-15-5-4-6-19(13-15)23-20(27)14-26(2)21(28)16-7-9-17(10-8-16)24-22(29)25-18-11-12-18/h1,4-10,13,18H,11-12,14H2,2H3,(H,23,27)(H2,24,25,29). The van der Waals surface area contributed by atoms with Crippen LogP contribution >= 0.6 is 0 Å². The number of likely N-dealkylation sites (N-methyl/N-ethyl adjacent to an activating group) is 1. The van der Waals surface area contributed by atoms with Gasteiger partial charge in [-0.05, 0) is 55.3 Å². The van der Waals surface area contributed by atoms with Crippen LogP contribution in [0.1, 0.15) is 28.8 Å². The molecule has 3 N–H and O–H groups in total. The summed E-state index contributed by atoms with van der Waals surface area (Å²) in [6.07, 6.45) is 7.37. The summed E-state index contributed by atoms with van der Waals surface area (Å²) in [6, 6.07) is 13.5. The number of amides is 4. The Kier molecular flexibility index (Phi) is 6.15. The lowest BCUT2D eigenvalue weighted by atomic mass is 10.2. The second-order valence-corrected chi connectivity index (χ2v) is 6.88. The van der Waals surface area contributed by atoms with Crippen molar-refractivity contribution in [1.82, 2.24) is 10.2 Å². The molecule has 148 valence electrons. The van der Waals surface area contributed by atoms with E-state index in [0.29, 0.717) is 22.5 Å². The predicted molar refractivity (Wildman–Crippen MR) is 112 cm³/mol. The number of anilines is 2. The topological polar surface area (TPSA) is 90.5 Å². The fraction of sp³-hybridized carbons (Fsp3) is 0.227. The Morgan fingerprint density at radius 2 is 1.79 bits per heavy atom. The molecule has 1 aliphatic carbocycles. The Morgan fingerprint density at radius 3 is 2.45 bits per heavy atom. The van der Waals surface area contributed by atoms with E-state index in [9.17, 15) is 14.4 Å². The number of nitrogens with zero attached hydrogens (tertiary/aromatic N) is 1. The highest BCUT2D eigenvalue weighted by molar-refractivity contribution is 5.99. The molecular weight excluding hydrogens is 368 g/mol. The first-order valence-electron chi connectivity index (χ1n) is 9.24. The summed E-state index contributed by atoms with van der Waals surface area (Å²) in [6.45, 7) is -0.108. The molecule has 29 heavy (non-hydrogen) atoms. The van der Waals surface area contributed by atoms with Crippen molar-refractivity contribution in [2.75, 3.05) is 24.2 Å². The van der Waals surface area contributed by atoms with Gasteiger partial charge in [0.1, 0.15) is 0 Å². The van der Waals surface area contributed by atoms with Gasteiger partial charge in [-0.2, -0.15) is 0 Å². The second-order valence-electron chi connectivity index (χ2n) is 6.88. The number of carbonyl (C=O) groups excluding carboxylic acids is 3. The maximum absolute atomic E-state index is 12.5. The Balaban J connectivity index is 1.52. The van der Waals surface area contributed by atoms with Gasteiger partial charge in [-0.25, -0.2) is 4.79 Å². The number of hydrogen-bond acceptors (Lipinski definition) is 3. The van der Waals surface area contributed by atoms with E-state index in [4.69, 9.17) is 6.42 Å². The number of urea groups is 1. The Labute approximate surface area is 169 Å². The molecule has 0 atom stereocenters. The minimum atomic E-state index is -0.329. The molecule has 0 aliphatic heterocycles. The smallest absolute Gasteiger partial charge is 0.319 e. The Morgan fingerprint density at radius 1 is 1.07 bits per heavy atom. The van der Waals surface area contributed by atoms with E-state index in [1.54, 1.807) is 55.6 Å². The lowest BCUT2D eigenvalue weighted by molar-refractivity contribution is -0.116. The molecule has 0 aromatic heterocycles. The summed E-state index contributed by atoms with van der Waals surface area (Å²) in [7, 11) is 1.55. The molecule has 2 aromatic rings. The van der Waals surface area contributed by atoms with Gasteiger partial charge < -0.3 is 20.9 Å². The monoisotopic (exact) mass is 390 g/mol. The minimum absolute atomic E-state index is 0.108. The van der Waals surface area contributed by atoms with Gasteiger partial charge in [0.15, 0.2) is 0 Å². The van der Waals surface area contributed by atoms with Crippen LogP contribution in [0, 0.1) is 12.3 Å². The van der Waals surface area contributed by atoms with Crippen molar-refractivity contribution in [3.05, 3.63) is 59.7 Å². The number of nitrogens with one attached hydrogen (secondary N) is 3. The Bertz CT molecular complexity index is 959. The number of carbonyl (C=O) groups is 3. The van der Waals surface area contributed by atoms with Gasteiger partial charge in [-0.3, -0.25) is 9.59 Å². The van der Waals surface area contributed by atoms with E-state index >= 15 is 0 Å². The number of benzene rings is 2. The molecule has 0 heterocycles. The van der Waals surface area contributed by atoms with Crippen LogP contribution in [0.5, 0.6) is 0 Å². The van der Waals surface area contributed by atoms with E-state index in [1.165, 1.54) is 4.90 Å². The quantitative estimate of drug-likeness (QED) is 0.663. The molecule has 7 nitrogen and oxygen atoms in total. The average molecular weight is 390 g/mol. The largest absolute Gasteiger partial charge is 0.335 e. The van der Waals surface area contributed by atoms with Crippen LogP contribution in [0.2, 0.25) is 0 Å². The number of rotatable bonds is 6. The molecule has 0 bridgehead atoms. The van der Waals surface area contributed by atoms with E-state index in [1.807, 2.05) is 0 Å². The fourth-order valence-corrected chi connectivity index (χ4v) is 2.67. The van der Waals surface area contributed by atoms with Crippen LogP contribution in [0.4, 0.5) is 16.2 Å². The van der Waals surface area contributed by atoms with Crippen LogP contribution in [0.25, 0.3) is 0 Å². The van der Waals surface area contributed by atoms with Crippen molar-refractivity contribution in [3.8, 4) is 12.3 Å². The van der Waals surface area contributed by atoms with Gasteiger partial charge in [-0.1, -0.05) is 12.0 Å². The molecule has 1 saturated carbocycles. The highest BCUT2D eigenvalue weighted by Crippen LogP contribution is 2.19. The van der Waals surface area contributed by atoms with Crippen molar-refractivity contribution in [1.29, 1.82) is 0 Å². The summed E-state index contributed by atoms with van der Waals surface area (Å²) < 4.78 is 0. The van der Waals surface area contributed by atoms with Crippen molar-refractivity contribution in [2.45, 2.75) is 18.9 Å². The zero-order valence-electron chi connectivity index (χ0n) is 16.1. The summed E-state index contributed by atoms with van der Waals surface area (Å²) in [5.74, 6) is 1.88. The zero-order valence-corrected chi connectivity index (χ0v) is 16.1. The normalized spacial score (nSPS) is 12.4. The SMILES string of the molecule is C#Cc1cccc(NC(=O)CN(C)C(=O)c2ccc(NC(=O)NC3CC3)cc2)c1. The maximum atomic E-state index is 12.5. The van der Waals surface area contributed by atoms with E-state index in [-0.39, 0.29) is 30.4 Å². The van der Waals surface area contributed by atoms with Crippen LogP contribution in [0.15, 0.2) is 48.5 Å². The summed E-state index contributed by atoms with van der Waals surface area (Å²) in [5, 5.41) is 8.27. The molecule has 0 unspecified atom stereocenters. The highest BCUT2D eigenvalue weighted by atomic mass is 16.2. The highest BCUT2D eigenvalue weighted by Gasteiger charge is 2.23. The zero-order chi connectivity index (χ0) is 20.8. The molecule has 0 saturated heterocycles. The number of terminal acetylenes is 1. The van der Waals surface area contributed by atoms with Gasteiger partial charge in [0.2, 0.25) is 5.91 Å². The van der Waals surface area contributed by atoms with E-state index < -0.39 is 0 Å². The van der Waals surface area contributed by atoms with Crippen LogP contribution in [-0.4, -0.2) is 42.4 Å². The summed E-state index contributed by atoms with van der Waals surface area (Å²) in [5.41, 5.74) is 2.24. The first-order valence-corrected chi connectivity index (χ1v) is 9.24. The first-order chi connectivity index (χ1) is 13.9. The molecule has 0 spiro atoms. The number of hydrogen-bond donors (Lipinski definition) is 3. The third-order valence-electron chi connectivity index (χ3n) is 4.34. The molecule has 4 amide bonds. The van der Waals surface area contributed by atoms with E-state index in [0.717, 1.165) is 12.8 Å². The van der Waals surface area contributed by atoms with Gasteiger partial charge in [0.05, 0.1) is 6.54 Å². The van der Waals surface area contributed by atoms with Crippen molar-refractivity contribution >= 4 is 29.2 Å². The van der Waals surface area contributed by atoms with Crippen molar-refractivity contribution in [2.24, 2.45) is 0 Å². The molecular formula is C22H22N4O3. The van der Waals surface area contributed by atoms with Gasteiger partial charge >= 0.3 is 6.03 Å². The van der Waals surface area contributed by atoms with E-state index in [2.05, 4.69) is 21.9 Å². The molecule has 0 radical (unpaired) electrons. The predicted octanol–water partition coefficient (Wildman–Crippen LogP) is 2.66. The second kappa shape index (κ2) is 8.93. The van der Waals surface area contributed by atoms with Crippen LogP contribution in [-0.2, 0) is 4.79 Å². The molecule has 1 aliphatic rings. The van der Waals surface area contributed by atoms with Gasteiger partial charge in [-0.15, -0.1) is 6.42 Å². The maximum Gasteiger partial charge on any atom is 0.319 e. The summed E-state index contributed by atoms with van der Waals surface area (Å²) in [4.78, 5) is 37.8. The molecule has 3 rings (SSSR count). The van der Waals surface area contributed by atoms with Crippen LogP contribution < -0.4 is 16.0 Å². The van der Waals surface area contributed by atoms with Crippen molar-refractivity contribution < 1.29 is 14.4 Å². The lowest BCUT2D eigenvalue weighted by Gasteiger charge is -2.17. The fourth-order valence-electron chi connectivity index (χ4n) is 2.67. The molecule has 7 heteroatoms. The minimum Gasteiger partial charge on any atom is -0.335 e. The van der Waals surface area contributed by atoms with Gasteiger partial charge in [0.25, 0.3) is 5.91 Å². The van der Waals surface area contributed by atoms with Gasteiger partial charge in [0, 0.05) is 35.6 Å². The third kappa shape index (κ3) is 5.84. The molecule has 1 fully saturated rings. The summed E-state index contributed by atoms with van der Waals surface area (Å²) >= 11 is 0. The average Bonchev–Trinajstić information content (AvgIpc) is 3.51. The first kappa shape index (κ1) is 20.0. The van der Waals surface area contributed by atoms with Crippen LogP contribution in [0.3, 0.4) is 0 Å².